The minimum absolute atomic E-state index is 0.0370. The Hall–Kier alpha value is -1.77. The predicted octanol–water partition coefficient (Wildman–Crippen LogP) is 1.02. The SMILES string of the molecule is O=C(NS(=O)(=O)Nc1ccccc1)C(F)(F)F. The van der Waals surface area contributed by atoms with E-state index in [4.69, 9.17) is 0 Å². The van der Waals surface area contributed by atoms with Gasteiger partial charge in [-0.15, -0.1) is 0 Å². The average molecular weight is 268 g/mol. The van der Waals surface area contributed by atoms with Gasteiger partial charge in [-0.2, -0.15) is 21.6 Å². The van der Waals surface area contributed by atoms with Crippen molar-refractivity contribution in [3.05, 3.63) is 30.3 Å². The first-order valence-electron chi connectivity index (χ1n) is 4.17. The highest BCUT2D eigenvalue weighted by Crippen LogP contribution is 2.15. The molecule has 0 aromatic heterocycles. The molecule has 0 radical (unpaired) electrons. The average Bonchev–Trinajstić information content (AvgIpc) is 2.16. The van der Waals surface area contributed by atoms with Gasteiger partial charge in [0.25, 0.3) is 0 Å². The predicted molar refractivity (Wildman–Crippen MR) is 53.2 cm³/mol. The fourth-order valence-corrected chi connectivity index (χ4v) is 1.72. The van der Waals surface area contributed by atoms with Gasteiger partial charge < -0.3 is 0 Å². The van der Waals surface area contributed by atoms with E-state index in [1.54, 1.807) is 10.8 Å². The Balaban J connectivity index is 2.75. The Bertz CT molecular complexity index is 498. The third-order valence-electron chi connectivity index (χ3n) is 1.51. The van der Waals surface area contributed by atoms with Crippen molar-refractivity contribution < 1.29 is 26.4 Å². The molecular formula is C8H7F3N2O3S. The number of alkyl halides is 3. The lowest BCUT2D eigenvalue weighted by atomic mass is 10.3. The van der Waals surface area contributed by atoms with E-state index in [1.165, 1.54) is 24.3 Å². The van der Waals surface area contributed by atoms with Crippen molar-refractivity contribution in [1.82, 2.24) is 4.72 Å². The lowest BCUT2D eigenvalue weighted by Gasteiger charge is -2.10. The van der Waals surface area contributed by atoms with Gasteiger partial charge in [-0.3, -0.25) is 9.52 Å². The van der Waals surface area contributed by atoms with Crippen molar-refractivity contribution >= 4 is 21.8 Å². The van der Waals surface area contributed by atoms with E-state index < -0.39 is 22.3 Å². The minimum atomic E-state index is -5.26. The fraction of sp³-hybridized carbons (Fsp3) is 0.125. The fourth-order valence-electron chi connectivity index (χ4n) is 0.867. The van der Waals surface area contributed by atoms with E-state index in [0.717, 1.165) is 4.72 Å². The molecule has 0 saturated carbocycles. The van der Waals surface area contributed by atoms with Crippen molar-refractivity contribution in [2.45, 2.75) is 6.18 Å². The monoisotopic (exact) mass is 268 g/mol. The minimum Gasteiger partial charge on any atom is -0.267 e. The molecule has 94 valence electrons. The molecule has 0 bridgehead atoms. The van der Waals surface area contributed by atoms with E-state index >= 15 is 0 Å². The summed E-state index contributed by atoms with van der Waals surface area (Å²) in [5.41, 5.74) is 0.0370. The standard InChI is InChI=1S/C8H7F3N2O3S/c9-8(10,11)7(14)13-17(15,16)12-6-4-2-1-3-5-6/h1-5,12H,(H,13,14). The zero-order chi connectivity index (χ0) is 13.1. The molecule has 0 saturated heterocycles. The van der Waals surface area contributed by atoms with Crippen LogP contribution in [0.2, 0.25) is 0 Å². The molecule has 0 aliphatic heterocycles. The Morgan fingerprint density at radius 1 is 1.12 bits per heavy atom. The summed E-state index contributed by atoms with van der Waals surface area (Å²) in [7, 11) is -4.59. The molecule has 1 aromatic rings. The van der Waals surface area contributed by atoms with Gasteiger partial charge in [0.05, 0.1) is 5.69 Å². The van der Waals surface area contributed by atoms with Crippen LogP contribution < -0.4 is 9.44 Å². The van der Waals surface area contributed by atoms with Gasteiger partial charge in [0, 0.05) is 0 Å². The quantitative estimate of drug-likeness (QED) is 0.859. The number of para-hydroxylation sites is 1. The van der Waals surface area contributed by atoms with Crippen LogP contribution in [0.25, 0.3) is 0 Å². The molecule has 0 unspecified atom stereocenters. The highest BCUT2D eigenvalue weighted by molar-refractivity contribution is 7.91. The molecule has 0 aliphatic rings. The number of halogens is 3. The number of hydrogen-bond acceptors (Lipinski definition) is 3. The Kier molecular flexibility index (Phi) is 3.61. The Morgan fingerprint density at radius 3 is 2.12 bits per heavy atom. The first-order chi connectivity index (χ1) is 7.71. The number of nitrogens with one attached hydrogen (secondary N) is 2. The highest BCUT2D eigenvalue weighted by atomic mass is 32.2. The van der Waals surface area contributed by atoms with Crippen molar-refractivity contribution in [3.63, 3.8) is 0 Å². The number of carbonyl (C=O) groups excluding carboxylic acids is 1. The highest BCUT2D eigenvalue weighted by Gasteiger charge is 2.41. The maximum absolute atomic E-state index is 11.8. The molecule has 0 aliphatic carbocycles. The summed E-state index contributed by atoms with van der Waals surface area (Å²) < 4.78 is 60.3. The number of carbonyl (C=O) groups is 1. The summed E-state index contributed by atoms with van der Waals surface area (Å²) in [5, 5.41) is 0. The number of amides is 1. The second-order valence-corrected chi connectivity index (χ2v) is 4.32. The van der Waals surface area contributed by atoms with Crippen molar-refractivity contribution in [3.8, 4) is 0 Å². The normalized spacial score (nSPS) is 11.9. The number of anilines is 1. The first kappa shape index (κ1) is 13.3. The molecular weight excluding hydrogens is 261 g/mol. The molecule has 1 aromatic carbocycles. The van der Waals surface area contributed by atoms with Gasteiger partial charge in [0.1, 0.15) is 0 Å². The van der Waals surface area contributed by atoms with Crippen LogP contribution in [0.1, 0.15) is 0 Å². The third kappa shape index (κ3) is 4.31. The van der Waals surface area contributed by atoms with Crippen LogP contribution in [0.3, 0.4) is 0 Å². The van der Waals surface area contributed by atoms with E-state index in [9.17, 15) is 26.4 Å². The van der Waals surface area contributed by atoms with Crippen molar-refractivity contribution in [2.24, 2.45) is 0 Å². The molecule has 0 heterocycles. The maximum Gasteiger partial charge on any atom is 0.472 e. The lowest BCUT2D eigenvalue weighted by Crippen LogP contribution is -2.43. The van der Waals surface area contributed by atoms with Crippen LogP contribution in [0.15, 0.2) is 30.3 Å². The molecule has 1 amide bonds. The lowest BCUT2D eigenvalue weighted by molar-refractivity contribution is -0.171. The van der Waals surface area contributed by atoms with E-state index in [2.05, 4.69) is 0 Å². The van der Waals surface area contributed by atoms with Crippen LogP contribution in [0.5, 0.6) is 0 Å². The van der Waals surface area contributed by atoms with E-state index in [1.807, 2.05) is 0 Å². The zero-order valence-electron chi connectivity index (χ0n) is 8.15. The summed E-state index contributed by atoms with van der Waals surface area (Å²) in [5.74, 6) is -2.55. The van der Waals surface area contributed by atoms with Crippen LogP contribution in [0.4, 0.5) is 18.9 Å². The van der Waals surface area contributed by atoms with Crippen LogP contribution in [0, 0.1) is 0 Å². The largest absolute Gasteiger partial charge is 0.472 e. The van der Waals surface area contributed by atoms with Crippen molar-refractivity contribution in [1.29, 1.82) is 0 Å². The molecule has 0 atom stereocenters. The molecule has 17 heavy (non-hydrogen) atoms. The van der Waals surface area contributed by atoms with Gasteiger partial charge in [0.2, 0.25) is 0 Å². The van der Waals surface area contributed by atoms with Crippen molar-refractivity contribution in [2.75, 3.05) is 4.72 Å². The third-order valence-corrected chi connectivity index (χ3v) is 2.47. The molecule has 9 heteroatoms. The van der Waals surface area contributed by atoms with Gasteiger partial charge in [-0.25, -0.2) is 4.72 Å². The van der Waals surface area contributed by atoms with E-state index in [-0.39, 0.29) is 5.69 Å². The summed E-state index contributed by atoms with van der Waals surface area (Å²) in [4.78, 5) is 10.4. The van der Waals surface area contributed by atoms with E-state index in [0.29, 0.717) is 0 Å². The van der Waals surface area contributed by atoms with Crippen LogP contribution in [-0.4, -0.2) is 20.5 Å². The number of rotatable bonds is 3. The maximum atomic E-state index is 11.8. The smallest absolute Gasteiger partial charge is 0.267 e. The van der Waals surface area contributed by atoms with Gasteiger partial charge in [-0.1, -0.05) is 18.2 Å². The molecule has 5 nitrogen and oxygen atoms in total. The first-order valence-corrected chi connectivity index (χ1v) is 5.66. The summed E-state index contributed by atoms with van der Waals surface area (Å²) in [6, 6.07) is 7.17. The van der Waals surface area contributed by atoms with Gasteiger partial charge in [0.15, 0.2) is 0 Å². The van der Waals surface area contributed by atoms with Gasteiger partial charge >= 0.3 is 22.3 Å². The van der Waals surface area contributed by atoms with Gasteiger partial charge in [-0.05, 0) is 12.1 Å². The van der Waals surface area contributed by atoms with Crippen LogP contribution >= 0.6 is 0 Å². The Labute approximate surface area is 94.8 Å². The molecule has 2 N–H and O–H groups in total. The summed E-state index contributed by atoms with van der Waals surface area (Å²) in [6.45, 7) is 0. The molecule has 0 spiro atoms. The second-order valence-electron chi connectivity index (χ2n) is 2.90. The van der Waals surface area contributed by atoms with Crippen LogP contribution in [-0.2, 0) is 15.0 Å². The summed E-state index contributed by atoms with van der Waals surface area (Å²) in [6.07, 6.45) is -5.26. The molecule has 0 fully saturated rings. The zero-order valence-corrected chi connectivity index (χ0v) is 8.97. The Morgan fingerprint density at radius 2 is 1.65 bits per heavy atom. The number of benzene rings is 1. The summed E-state index contributed by atoms with van der Waals surface area (Å²) >= 11 is 0. The number of hydrogen-bond donors (Lipinski definition) is 2. The topological polar surface area (TPSA) is 75.3 Å². The molecule has 1 rings (SSSR count). The second kappa shape index (κ2) is 4.62.